The molecule has 1 unspecified atom stereocenters. The van der Waals surface area contributed by atoms with Gasteiger partial charge in [0.25, 0.3) is 5.91 Å². The van der Waals surface area contributed by atoms with Crippen LogP contribution in [0, 0.1) is 0 Å². The van der Waals surface area contributed by atoms with Crippen LogP contribution in [0.5, 0.6) is 0 Å². The molecule has 1 aromatic rings. The van der Waals surface area contributed by atoms with Crippen molar-refractivity contribution in [2.45, 2.75) is 57.7 Å². The van der Waals surface area contributed by atoms with E-state index in [9.17, 15) is 18.0 Å². The van der Waals surface area contributed by atoms with Gasteiger partial charge in [-0.2, -0.15) is 13.2 Å². The quantitative estimate of drug-likeness (QED) is 0.895. The van der Waals surface area contributed by atoms with Crippen LogP contribution in [-0.2, 0) is 11.8 Å². The van der Waals surface area contributed by atoms with Gasteiger partial charge in [-0.25, -0.2) is 0 Å². The van der Waals surface area contributed by atoms with Crippen LogP contribution in [0.4, 0.5) is 13.2 Å². The molecule has 0 aliphatic heterocycles. The first-order chi connectivity index (χ1) is 9.65. The van der Waals surface area contributed by atoms with Crippen LogP contribution in [0.15, 0.2) is 18.2 Å². The van der Waals surface area contributed by atoms with Gasteiger partial charge in [-0.05, 0) is 54.9 Å². The van der Waals surface area contributed by atoms with E-state index in [-0.39, 0.29) is 5.41 Å². The Morgan fingerprint density at radius 1 is 1.33 bits per heavy atom. The standard InChI is InChI=1S/C16H20F3NO/c1-4-11-7-12(9-13(8-11)15(3)5-6-15)14(21)20-10(2)16(17,18)19/h7-10H,4-6H2,1-3H3,(H,20,21). The first-order valence-corrected chi connectivity index (χ1v) is 7.18. The van der Waals surface area contributed by atoms with Crippen molar-refractivity contribution < 1.29 is 18.0 Å². The molecule has 1 atom stereocenters. The molecular formula is C16H20F3NO. The molecule has 0 heterocycles. The van der Waals surface area contributed by atoms with Crippen molar-refractivity contribution in [3.8, 4) is 0 Å². The van der Waals surface area contributed by atoms with Crippen LogP contribution in [-0.4, -0.2) is 18.1 Å². The summed E-state index contributed by atoms with van der Waals surface area (Å²) < 4.78 is 37.6. The zero-order valence-electron chi connectivity index (χ0n) is 12.5. The number of rotatable bonds is 4. The summed E-state index contributed by atoms with van der Waals surface area (Å²) in [6, 6.07) is 3.60. The minimum absolute atomic E-state index is 0.0792. The third kappa shape index (κ3) is 3.57. The molecule has 2 nitrogen and oxygen atoms in total. The Morgan fingerprint density at radius 3 is 2.43 bits per heavy atom. The van der Waals surface area contributed by atoms with Crippen LogP contribution in [0.3, 0.4) is 0 Å². The van der Waals surface area contributed by atoms with E-state index in [0.29, 0.717) is 5.56 Å². The average Bonchev–Trinajstić information content (AvgIpc) is 3.16. The zero-order valence-corrected chi connectivity index (χ0v) is 12.5. The predicted molar refractivity (Wildman–Crippen MR) is 75.4 cm³/mol. The summed E-state index contributed by atoms with van der Waals surface area (Å²) in [5.74, 6) is -0.666. The van der Waals surface area contributed by atoms with Crippen LogP contribution < -0.4 is 5.32 Å². The number of hydrogen-bond donors (Lipinski definition) is 1. The highest BCUT2D eigenvalue weighted by atomic mass is 19.4. The van der Waals surface area contributed by atoms with E-state index in [1.807, 2.05) is 12.2 Å². The van der Waals surface area contributed by atoms with Crippen molar-refractivity contribution in [2.24, 2.45) is 0 Å². The lowest BCUT2D eigenvalue weighted by atomic mass is 9.93. The molecule has 116 valence electrons. The molecule has 1 aliphatic rings. The number of amides is 1. The van der Waals surface area contributed by atoms with Gasteiger partial charge in [0.15, 0.2) is 0 Å². The van der Waals surface area contributed by atoms with Crippen molar-refractivity contribution in [3.63, 3.8) is 0 Å². The Labute approximate surface area is 122 Å². The topological polar surface area (TPSA) is 29.1 Å². The van der Waals surface area contributed by atoms with Gasteiger partial charge in [0, 0.05) is 5.56 Å². The molecule has 0 aromatic heterocycles. The maximum absolute atomic E-state index is 12.5. The molecule has 0 spiro atoms. The number of halogens is 3. The molecule has 21 heavy (non-hydrogen) atoms. The first-order valence-electron chi connectivity index (χ1n) is 7.18. The molecule has 0 bridgehead atoms. The highest BCUT2D eigenvalue weighted by Crippen LogP contribution is 2.48. The zero-order chi connectivity index (χ0) is 15.8. The SMILES string of the molecule is CCc1cc(C(=O)NC(C)C(F)(F)F)cc(C2(C)CC2)c1. The minimum atomic E-state index is -4.43. The van der Waals surface area contributed by atoms with Gasteiger partial charge in [-0.3, -0.25) is 4.79 Å². The first kappa shape index (κ1) is 15.9. The van der Waals surface area contributed by atoms with Gasteiger partial charge in [-0.15, -0.1) is 0 Å². The Kier molecular flexibility index (Phi) is 4.04. The Hall–Kier alpha value is -1.52. The molecule has 1 fully saturated rings. The molecule has 1 aliphatic carbocycles. The van der Waals surface area contributed by atoms with Crippen molar-refractivity contribution in [1.82, 2.24) is 5.32 Å². The summed E-state index contributed by atoms with van der Waals surface area (Å²) >= 11 is 0. The number of carbonyl (C=O) groups excluding carboxylic acids is 1. The number of benzene rings is 1. The van der Waals surface area contributed by atoms with Crippen LogP contribution in [0.25, 0.3) is 0 Å². The summed E-state index contributed by atoms with van der Waals surface area (Å²) in [5, 5.41) is 2.02. The minimum Gasteiger partial charge on any atom is -0.341 e. The second-order valence-corrected chi connectivity index (χ2v) is 6.07. The molecule has 5 heteroatoms. The lowest BCUT2D eigenvalue weighted by Gasteiger charge is -2.18. The largest absolute Gasteiger partial charge is 0.408 e. The second kappa shape index (κ2) is 5.35. The van der Waals surface area contributed by atoms with Gasteiger partial charge >= 0.3 is 6.18 Å². The number of carbonyl (C=O) groups is 1. The lowest BCUT2D eigenvalue weighted by Crippen LogP contribution is -2.43. The van der Waals surface area contributed by atoms with Crippen molar-refractivity contribution in [3.05, 3.63) is 34.9 Å². The summed E-state index contributed by atoms with van der Waals surface area (Å²) in [4.78, 5) is 12.1. The summed E-state index contributed by atoms with van der Waals surface area (Å²) in [5.41, 5.74) is 2.42. The predicted octanol–water partition coefficient (Wildman–Crippen LogP) is 3.98. The Balaban J connectivity index is 2.24. The number of aryl methyl sites for hydroxylation is 1. The Bertz CT molecular complexity index is 547. The highest BCUT2D eigenvalue weighted by molar-refractivity contribution is 5.95. The summed E-state index contributed by atoms with van der Waals surface area (Å²) in [7, 11) is 0. The Morgan fingerprint density at radius 2 is 1.95 bits per heavy atom. The van der Waals surface area contributed by atoms with Crippen molar-refractivity contribution in [2.75, 3.05) is 0 Å². The number of nitrogens with one attached hydrogen (secondary N) is 1. The molecule has 1 saturated carbocycles. The molecule has 1 N–H and O–H groups in total. The fourth-order valence-electron chi connectivity index (χ4n) is 2.21. The third-order valence-electron chi connectivity index (χ3n) is 4.20. The lowest BCUT2D eigenvalue weighted by molar-refractivity contribution is -0.149. The van der Waals surface area contributed by atoms with E-state index in [4.69, 9.17) is 0 Å². The molecule has 1 amide bonds. The second-order valence-electron chi connectivity index (χ2n) is 6.07. The van der Waals surface area contributed by atoms with Gasteiger partial charge in [0.2, 0.25) is 0 Å². The molecule has 2 rings (SSSR count). The molecule has 0 radical (unpaired) electrons. The van der Waals surface area contributed by atoms with Crippen LogP contribution >= 0.6 is 0 Å². The normalized spacial score (nSPS) is 18.2. The fourth-order valence-corrected chi connectivity index (χ4v) is 2.21. The van der Waals surface area contributed by atoms with E-state index < -0.39 is 18.1 Å². The van der Waals surface area contributed by atoms with Crippen molar-refractivity contribution >= 4 is 5.91 Å². The molecule has 0 saturated heterocycles. The highest BCUT2D eigenvalue weighted by Gasteiger charge is 2.40. The van der Waals surface area contributed by atoms with Gasteiger partial charge < -0.3 is 5.32 Å². The number of hydrogen-bond acceptors (Lipinski definition) is 1. The van der Waals surface area contributed by atoms with Gasteiger partial charge in [-0.1, -0.05) is 19.9 Å². The van der Waals surface area contributed by atoms with E-state index in [1.54, 1.807) is 12.1 Å². The van der Waals surface area contributed by atoms with E-state index >= 15 is 0 Å². The smallest absolute Gasteiger partial charge is 0.341 e. The van der Waals surface area contributed by atoms with Gasteiger partial charge in [0.05, 0.1) is 0 Å². The maximum Gasteiger partial charge on any atom is 0.408 e. The monoisotopic (exact) mass is 299 g/mol. The van der Waals surface area contributed by atoms with Crippen molar-refractivity contribution in [1.29, 1.82) is 0 Å². The van der Waals surface area contributed by atoms with Crippen LogP contribution in [0.1, 0.15) is 55.1 Å². The fraction of sp³-hybridized carbons (Fsp3) is 0.562. The molecular weight excluding hydrogens is 279 g/mol. The third-order valence-corrected chi connectivity index (χ3v) is 4.20. The molecule has 1 aromatic carbocycles. The van der Waals surface area contributed by atoms with Crippen LogP contribution in [0.2, 0.25) is 0 Å². The number of alkyl halides is 3. The average molecular weight is 299 g/mol. The van der Waals surface area contributed by atoms with E-state index in [1.165, 1.54) is 0 Å². The van der Waals surface area contributed by atoms with E-state index in [0.717, 1.165) is 37.3 Å². The van der Waals surface area contributed by atoms with Gasteiger partial charge in [0.1, 0.15) is 6.04 Å². The van der Waals surface area contributed by atoms with E-state index in [2.05, 4.69) is 13.0 Å². The summed E-state index contributed by atoms with van der Waals surface area (Å²) in [6.07, 6.45) is -1.57. The summed E-state index contributed by atoms with van der Waals surface area (Å²) in [6.45, 7) is 5.03. The maximum atomic E-state index is 12.5.